The predicted molar refractivity (Wildman–Crippen MR) is 43.6 cm³/mol. The summed E-state index contributed by atoms with van der Waals surface area (Å²) < 4.78 is 0. The Labute approximate surface area is 66.7 Å². The minimum absolute atomic E-state index is 0.157. The standard InChI is InChI=1S/C7H15N3O/c1-9-7(8)10-4-2-6(11)3-5-10/h6,11H,2-5H2,1H3,(H2,8,9). The molecule has 64 valence electrons. The fourth-order valence-electron chi connectivity index (χ4n) is 1.25. The molecule has 0 saturated carbocycles. The topological polar surface area (TPSA) is 59.4 Å². The Morgan fingerprint density at radius 1 is 1.55 bits per heavy atom. The van der Waals surface area contributed by atoms with Crippen LogP contribution in [0.4, 0.5) is 0 Å². The van der Waals surface area contributed by atoms with Crippen molar-refractivity contribution in [1.82, 2.24) is 10.2 Å². The van der Waals surface area contributed by atoms with Gasteiger partial charge < -0.3 is 15.3 Å². The van der Waals surface area contributed by atoms with Crippen LogP contribution in [-0.4, -0.2) is 42.2 Å². The molecule has 0 unspecified atom stereocenters. The van der Waals surface area contributed by atoms with Crippen LogP contribution < -0.4 is 5.32 Å². The van der Waals surface area contributed by atoms with Crippen molar-refractivity contribution in [2.75, 3.05) is 20.1 Å². The van der Waals surface area contributed by atoms with E-state index < -0.39 is 0 Å². The van der Waals surface area contributed by atoms with E-state index in [1.807, 2.05) is 4.90 Å². The lowest BCUT2D eigenvalue weighted by molar-refractivity contribution is 0.108. The van der Waals surface area contributed by atoms with Gasteiger partial charge in [0.25, 0.3) is 0 Å². The molecule has 1 rings (SSSR count). The maximum Gasteiger partial charge on any atom is 0.190 e. The number of hydrogen-bond donors (Lipinski definition) is 3. The number of nitrogens with zero attached hydrogens (tertiary/aromatic N) is 1. The molecule has 0 spiro atoms. The minimum Gasteiger partial charge on any atom is -0.393 e. The van der Waals surface area contributed by atoms with E-state index in [2.05, 4.69) is 5.32 Å². The molecule has 1 aliphatic rings. The Morgan fingerprint density at radius 3 is 2.55 bits per heavy atom. The molecule has 4 nitrogen and oxygen atoms in total. The lowest BCUT2D eigenvalue weighted by atomic mass is 10.1. The van der Waals surface area contributed by atoms with Gasteiger partial charge in [-0.3, -0.25) is 5.41 Å². The monoisotopic (exact) mass is 157 g/mol. The summed E-state index contributed by atoms with van der Waals surface area (Å²) in [5, 5.41) is 19.4. The van der Waals surface area contributed by atoms with Gasteiger partial charge in [0.1, 0.15) is 0 Å². The second kappa shape index (κ2) is 3.57. The first-order valence-electron chi connectivity index (χ1n) is 3.93. The van der Waals surface area contributed by atoms with Gasteiger partial charge in [-0.2, -0.15) is 0 Å². The van der Waals surface area contributed by atoms with Gasteiger partial charge in [0.05, 0.1) is 6.10 Å². The summed E-state index contributed by atoms with van der Waals surface area (Å²) >= 11 is 0. The SMILES string of the molecule is CNC(=N)N1CCC(O)CC1. The molecule has 0 aromatic rings. The smallest absolute Gasteiger partial charge is 0.190 e. The third-order valence-electron chi connectivity index (χ3n) is 2.02. The molecule has 1 heterocycles. The van der Waals surface area contributed by atoms with Gasteiger partial charge in [-0.1, -0.05) is 0 Å². The summed E-state index contributed by atoms with van der Waals surface area (Å²) in [4.78, 5) is 1.94. The van der Waals surface area contributed by atoms with E-state index >= 15 is 0 Å². The van der Waals surface area contributed by atoms with Crippen molar-refractivity contribution in [2.24, 2.45) is 0 Å². The van der Waals surface area contributed by atoms with Crippen LogP contribution in [0.15, 0.2) is 0 Å². The van der Waals surface area contributed by atoms with Gasteiger partial charge >= 0.3 is 0 Å². The lowest BCUT2D eigenvalue weighted by Gasteiger charge is -2.30. The molecule has 0 aromatic carbocycles. The third-order valence-corrected chi connectivity index (χ3v) is 2.02. The molecule has 0 amide bonds. The zero-order valence-electron chi connectivity index (χ0n) is 6.80. The number of likely N-dealkylation sites (tertiary alicyclic amines) is 1. The average Bonchev–Trinajstić information content (AvgIpc) is 2.05. The summed E-state index contributed by atoms with van der Waals surface area (Å²) in [7, 11) is 1.74. The zero-order valence-corrected chi connectivity index (χ0v) is 6.80. The van der Waals surface area contributed by atoms with E-state index in [9.17, 15) is 0 Å². The Bertz CT molecular complexity index is 141. The molecule has 1 fully saturated rings. The van der Waals surface area contributed by atoms with E-state index in [1.54, 1.807) is 7.05 Å². The van der Waals surface area contributed by atoms with Crippen LogP contribution in [0.3, 0.4) is 0 Å². The van der Waals surface area contributed by atoms with E-state index in [1.165, 1.54) is 0 Å². The Kier molecular flexibility index (Phi) is 2.70. The van der Waals surface area contributed by atoms with E-state index in [4.69, 9.17) is 10.5 Å². The van der Waals surface area contributed by atoms with Crippen LogP contribution in [0.2, 0.25) is 0 Å². The van der Waals surface area contributed by atoms with Gasteiger partial charge in [0, 0.05) is 20.1 Å². The highest BCUT2D eigenvalue weighted by Gasteiger charge is 2.17. The number of nitrogens with one attached hydrogen (secondary N) is 2. The fraction of sp³-hybridized carbons (Fsp3) is 0.857. The van der Waals surface area contributed by atoms with Gasteiger partial charge in [-0.05, 0) is 12.8 Å². The number of rotatable bonds is 0. The first kappa shape index (κ1) is 8.33. The second-order valence-corrected chi connectivity index (χ2v) is 2.82. The summed E-state index contributed by atoms with van der Waals surface area (Å²) in [6, 6.07) is 0. The Hall–Kier alpha value is -0.770. The molecule has 0 aromatic heterocycles. The normalized spacial score (nSPS) is 20.0. The van der Waals surface area contributed by atoms with Crippen molar-refractivity contribution in [3.8, 4) is 0 Å². The van der Waals surface area contributed by atoms with Crippen LogP contribution in [-0.2, 0) is 0 Å². The summed E-state index contributed by atoms with van der Waals surface area (Å²) in [5.41, 5.74) is 0. The van der Waals surface area contributed by atoms with E-state index in [0.717, 1.165) is 25.9 Å². The zero-order chi connectivity index (χ0) is 8.27. The van der Waals surface area contributed by atoms with E-state index in [0.29, 0.717) is 5.96 Å². The van der Waals surface area contributed by atoms with Crippen LogP contribution in [0.25, 0.3) is 0 Å². The van der Waals surface area contributed by atoms with Crippen LogP contribution in [0.1, 0.15) is 12.8 Å². The number of aliphatic hydroxyl groups excluding tert-OH is 1. The van der Waals surface area contributed by atoms with Crippen LogP contribution in [0.5, 0.6) is 0 Å². The van der Waals surface area contributed by atoms with Gasteiger partial charge in [-0.25, -0.2) is 0 Å². The van der Waals surface area contributed by atoms with E-state index in [-0.39, 0.29) is 6.10 Å². The average molecular weight is 157 g/mol. The highest BCUT2D eigenvalue weighted by molar-refractivity contribution is 5.76. The first-order valence-corrected chi connectivity index (χ1v) is 3.93. The van der Waals surface area contributed by atoms with Gasteiger partial charge in [0.15, 0.2) is 5.96 Å². The molecule has 3 N–H and O–H groups in total. The molecule has 1 aliphatic heterocycles. The van der Waals surface area contributed by atoms with Crippen LogP contribution >= 0.6 is 0 Å². The minimum atomic E-state index is -0.157. The van der Waals surface area contributed by atoms with Crippen molar-refractivity contribution < 1.29 is 5.11 Å². The summed E-state index contributed by atoms with van der Waals surface area (Å²) in [6.07, 6.45) is 1.41. The Morgan fingerprint density at radius 2 is 2.09 bits per heavy atom. The highest BCUT2D eigenvalue weighted by atomic mass is 16.3. The summed E-state index contributed by atoms with van der Waals surface area (Å²) in [6.45, 7) is 1.58. The van der Waals surface area contributed by atoms with Crippen LogP contribution in [0, 0.1) is 5.41 Å². The number of hydrogen-bond acceptors (Lipinski definition) is 2. The van der Waals surface area contributed by atoms with Crippen molar-refractivity contribution in [2.45, 2.75) is 18.9 Å². The largest absolute Gasteiger partial charge is 0.393 e. The molecule has 4 heteroatoms. The molecule has 0 aliphatic carbocycles. The van der Waals surface area contributed by atoms with Crippen molar-refractivity contribution in [3.05, 3.63) is 0 Å². The number of aliphatic hydroxyl groups is 1. The number of piperidine rings is 1. The summed E-state index contributed by atoms with van der Waals surface area (Å²) in [5.74, 6) is 0.455. The fourth-order valence-corrected chi connectivity index (χ4v) is 1.25. The van der Waals surface area contributed by atoms with Gasteiger partial charge in [0.2, 0.25) is 0 Å². The Balaban J connectivity index is 2.33. The third kappa shape index (κ3) is 2.08. The van der Waals surface area contributed by atoms with Crippen molar-refractivity contribution in [1.29, 1.82) is 5.41 Å². The first-order chi connectivity index (χ1) is 5.24. The molecule has 0 radical (unpaired) electrons. The molecule has 1 saturated heterocycles. The lowest BCUT2D eigenvalue weighted by Crippen LogP contribution is -2.44. The van der Waals surface area contributed by atoms with Gasteiger partial charge in [-0.15, -0.1) is 0 Å². The van der Waals surface area contributed by atoms with Crippen molar-refractivity contribution in [3.63, 3.8) is 0 Å². The molecule has 11 heavy (non-hydrogen) atoms. The predicted octanol–water partition coefficient (Wildman–Crippen LogP) is -0.403. The van der Waals surface area contributed by atoms with Crippen molar-refractivity contribution >= 4 is 5.96 Å². The molecular weight excluding hydrogens is 142 g/mol. The highest BCUT2D eigenvalue weighted by Crippen LogP contribution is 2.08. The second-order valence-electron chi connectivity index (χ2n) is 2.82. The maximum atomic E-state index is 9.16. The number of guanidine groups is 1. The maximum absolute atomic E-state index is 9.16. The molecular formula is C7H15N3O. The molecule has 0 bridgehead atoms. The molecule has 0 atom stereocenters. The quantitative estimate of drug-likeness (QED) is 0.331.